The van der Waals surface area contributed by atoms with Gasteiger partial charge in [0, 0.05) is 18.8 Å². The van der Waals surface area contributed by atoms with Crippen LogP contribution in [0.4, 0.5) is 14.9 Å². The number of hydrogen-bond donors (Lipinski definition) is 2. The Balaban J connectivity index is 2.00. The van der Waals surface area contributed by atoms with Crippen LogP contribution in [0.2, 0.25) is 5.02 Å². The van der Waals surface area contributed by atoms with E-state index >= 15 is 0 Å². The number of carboxylic acids is 1. The average Bonchev–Trinajstić information content (AvgIpc) is 2.43. The molecule has 2 rings (SSSR count). The number of piperidine rings is 1. The van der Waals surface area contributed by atoms with Crippen molar-refractivity contribution >= 4 is 29.3 Å². The van der Waals surface area contributed by atoms with Crippen molar-refractivity contribution in [2.75, 3.05) is 18.4 Å². The van der Waals surface area contributed by atoms with Gasteiger partial charge in [-0.1, -0.05) is 11.6 Å². The smallest absolute Gasteiger partial charge is 0.321 e. The maximum absolute atomic E-state index is 13.0. The van der Waals surface area contributed by atoms with Crippen molar-refractivity contribution < 1.29 is 19.1 Å². The van der Waals surface area contributed by atoms with E-state index in [0.717, 1.165) is 6.07 Å². The molecule has 0 bridgehead atoms. The number of carbonyl (C=O) groups is 2. The fourth-order valence-electron chi connectivity index (χ4n) is 2.14. The van der Waals surface area contributed by atoms with Crippen molar-refractivity contribution in [1.82, 2.24) is 4.90 Å². The molecular formula is C13H14ClFN2O3. The lowest BCUT2D eigenvalue weighted by Gasteiger charge is -2.30. The fourth-order valence-corrected chi connectivity index (χ4v) is 2.32. The van der Waals surface area contributed by atoms with Gasteiger partial charge in [0.2, 0.25) is 0 Å². The van der Waals surface area contributed by atoms with Crippen LogP contribution >= 0.6 is 11.6 Å². The number of hydrogen-bond acceptors (Lipinski definition) is 2. The molecule has 1 atom stereocenters. The molecule has 2 N–H and O–H groups in total. The number of halogens is 2. The molecule has 1 aliphatic rings. The normalized spacial score (nSPS) is 18.7. The Bertz CT molecular complexity index is 538. The second-order valence-corrected chi connectivity index (χ2v) is 5.09. The van der Waals surface area contributed by atoms with Gasteiger partial charge in [0.15, 0.2) is 0 Å². The van der Waals surface area contributed by atoms with Gasteiger partial charge in [0.25, 0.3) is 0 Å². The predicted octanol–water partition coefficient (Wildman–Crippen LogP) is 2.81. The van der Waals surface area contributed by atoms with Crippen LogP contribution in [0.1, 0.15) is 12.8 Å². The summed E-state index contributed by atoms with van der Waals surface area (Å²) in [5.41, 5.74) is 0.374. The number of carbonyl (C=O) groups excluding carboxylic acids is 1. The molecule has 1 heterocycles. The SMILES string of the molecule is O=C(O)[C@H]1CCCN(C(=O)Nc2ccc(F)c(Cl)c2)C1. The minimum atomic E-state index is -0.896. The van der Waals surface area contributed by atoms with Crippen LogP contribution in [0, 0.1) is 11.7 Å². The summed E-state index contributed by atoms with van der Waals surface area (Å²) < 4.78 is 13.0. The zero-order valence-corrected chi connectivity index (χ0v) is 11.4. The van der Waals surface area contributed by atoms with Gasteiger partial charge in [0.1, 0.15) is 5.82 Å². The van der Waals surface area contributed by atoms with E-state index in [-0.39, 0.29) is 11.6 Å². The molecule has 1 fully saturated rings. The van der Waals surface area contributed by atoms with Crippen LogP contribution in [0.3, 0.4) is 0 Å². The average molecular weight is 301 g/mol. The summed E-state index contributed by atoms with van der Waals surface area (Å²) in [6.07, 6.45) is 1.22. The Morgan fingerprint density at radius 1 is 1.45 bits per heavy atom. The highest BCUT2D eigenvalue weighted by Crippen LogP contribution is 2.21. The molecule has 0 saturated carbocycles. The van der Waals surface area contributed by atoms with Crippen LogP contribution in [0.5, 0.6) is 0 Å². The summed E-state index contributed by atoms with van der Waals surface area (Å²) in [6.45, 7) is 0.681. The van der Waals surface area contributed by atoms with E-state index in [1.807, 2.05) is 0 Å². The summed E-state index contributed by atoms with van der Waals surface area (Å²) in [7, 11) is 0. The Kier molecular flexibility index (Phi) is 4.44. The molecule has 0 aromatic heterocycles. The summed E-state index contributed by atoms with van der Waals surface area (Å²) in [6, 6.07) is 3.47. The second-order valence-electron chi connectivity index (χ2n) is 4.68. The first-order valence-electron chi connectivity index (χ1n) is 6.21. The topological polar surface area (TPSA) is 69.6 Å². The molecule has 1 aromatic carbocycles. The van der Waals surface area contributed by atoms with Crippen LogP contribution < -0.4 is 5.32 Å². The second kappa shape index (κ2) is 6.09. The molecule has 108 valence electrons. The monoisotopic (exact) mass is 300 g/mol. The van der Waals surface area contributed by atoms with Crippen molar-refractivity contribution in [2.45, 2.75) is 12.8 Å². The molecule has 20 heavy (non-hydrogen) atoms. The summed E-state index contributed by atoms with van der Waals surface area (Å²) in [5, 5.41) is 11.5. The molecule has 1 aliphatic heterocycles. The summed E-state index contributed by atoms with van der Waals surface area (Å²) in [5.74, 6) is -1.99. The summed E-state index contributed by atoms with van der Waals surface area (Å²) >= 11 is 5.63. The van der Waals surface area contributed by atoms with Crippen LogP contribution in [0.25, 0.3) is 0 Å². The fraction of sp³-hybridized carbons (Fsp3) is 0.385. The Hall–Kier alpha value is -1.82. The zero-order chi connectivity index (χ0) is 14.7. The number of likely N-dealkylation sites (tertiary alicyclic amines) is 1. The Morgan fingerprint density at radius 3 is 2.85 bits per heavy atom. The molecule has 0 unspecified atom stereocenters. The third-order valence-electron chi connectivity index (χ3n) is 3.23. The minimum absolute atomic E-state index is 0.0788. The van der Waals surface area contributed by atoms with Crippen LogP contribution in [-0.2, 0) is 4.79 Å². The molecule has 1 aromatic rings. The number of rotatable bonds is 2. The van der Waals surface area contributed by atoms with E-state index < -0.39 is 23.7 Å². The molecule has 1 saturated heterocycles. The zero-order valence-electron chi connectivity index (χ0n) is 10.6. The highest BCUT2D eigenvalue weighted by atomic mass is 35.5. The van der Waals surface area contributed by atoms with E-state index in [4.69, 9.17) is 16.7 Å². The molecule has 5 nitrogen and oxygen atoms in total. The van der Waals surface area contributed by atoms with Crippen molar-refractivity contribution in [3.8, 4) is 0 Å². The number of nitrogens with zero attached hydrogens (tertiary/aromatic N) is 1. The van der Waals surface area contributed by atoms with E-state index in [1.165, 1.54) is 17.0 Å². The van der Waals surface area contributed by atoms with Gasteiger partial charge in [-0.05, 0) is 31.0 Å². The molecule has 0 aliphatic carbocycles. The molecule has 0 spiro atoms. The number of urea groups is 1. The summed E-state index contributed by atoms with van der Waals surface area (Å²) in [4.78, 5) is 24.4. The largest absolute Gasteiger partial charge is 0.481 e. The van der Waals surface area contributed by atoms with Crippen molar-refractivity contribution in [2.24, 2.45) is 5.92 Å². The first-order chi connectivity index (χ1) is 9.47. The lowest BCUT2D eigenvalue weighted by Crippen LogP contribution is -2.44. The maximum Gasteiger partial charge on any atom is 0.321 e. The number of benzene rings is 1. The number of anilines is 1. The Labute approximate surface area is 120 Å². The van der Waals surface area contributed by atoms with Gasteiger partial charge in [-0.25, -0.2) is 9.18 Å². The molecule has 7 heteroatoms. The quantitative estimate of drug-likeness (QED) is 0.882. The van der Waals surface area contributed by atoms with Gasteiger partial charge in [-0.15, -0.1) is 0 Å². The van der Waals surface area contributed by atoms with Gasteiger partial charge in [0.05, 0.1) is 10.9 Å². The number of carboxylic acid groups (broad SMARTS) is 1. The lowest BCUT2D eigenvalue weighted by atomic mass is 9.99. The van der Waals surface area contributed by atoms with E-state index in [9.17, 15) is 14.0 Å². The third-order valence-corrected chi connectivity index (χ3v) is 3.52. The van der Waals surface area contributed by atoms with Gasteiger partial charge >= 0.3 is 12.0 Å². The highest BCUT2D eigenvalue weighted by Gasteiger charge is 2.28. The molecule has 2 amide bonds. The van der Waals surface area contributed by atoms with Crippen molar-refractivity contribution in [1.29, 1.82) is 0 Å². The van der Waals surface area contributed by atoms with Gasteiger partial charge in [-0.3, -0.25) is 4.79 Å². The lowest BCUT2D eigenvalue weighted by molar-refractivity contribution is -0.143. The standard InChI is InChI=1S/C13H14ClFN2O3/c14-10-6-9(3-4-11(10)15)16-13(20)17-5-1-2-8(7-17)12(18)19/h3-4,6,8H,1-2,5,7H2,(H,16,20)(H,18,19)/t8-/m0/s1. The first kappa shape index (κ1) is 14.6. The number of nitrogens with one attached hydrogen (secondary N) is 1. The molecular weight excluding hydrogens is 287 g/mol. The highest BCUT2D eigenvalue weighted by molar-refractivity contribution is 6.31. The van der Waals surface area contributed by atoms with Crippen LogP contribution in [-0.4, -0.2) is 35.1 Å². The van der Waals surface area contributed by atoms with Crippen molar-refractivity contribution in [3.05, 3.63) is 29.0 Å². The third kappa shape index (κ3) is 3.39. The van der Waals surface area contributed by atoms with Gasteiger partial charge < -0.3 is 15.3 Å². The van der Waals surface area contributed by atoms with E-state index in [1.54, 1.807) is 0 Å². The maximum atomic E-state index is 13.0. The minimum Gasteiger partial charge on any atom is -0.481 e. The van der Waals surface area contributed by atoms with E-state index in [0.29, 0.717) is 25.1 Å². The van der Waals surface area contributed by atoms with Gasteiger partial charge in [-0.2, -0.15) is 0 Å². The number of aliphatic carboxylic acids is 1. The Morgan fingerprint density at radius 2 is 2.20 bits per heavy atom. The predicted molar refractivity (Wildman–Crippen MR) is 72.4 cm³/mol. The van der Waals surface area contributed by atoms with Crippen LogP contribution in [0.15, 0.2) is 18.2 Å². The van der Waals surface area contributed by atoms with Crippen molar-refractivity contribution in [3.63, 3.8) is 0 Å². The first-order valence-corrected chi connectivity index (χ1v) is 6.59. The number of amides is 2. The van der Waals surface area contributed by atoms with E-state index in [2.05, 4.69) is 5.32 Å². The molecule has 0 radical (unpaired) electrons.